The zero-order valence-electron chi connectivity index (χ0n) is 7.80. The van der Waals surface area contributed by atoms with Crippen LogP contribution in [-0.4, -0.2) is 16.7 Å². The first-order valence-electron chi connectivity index (χ1n) is 4.05. The Morgan fingerprint density at radius 3 is 2.86 bits per heavy atom. The van der Waals surface area contributed by atoms with Crippen LogP contribution in [0, 0.1) is 5.82 Å². The molecule has 0 spiro atoms. The largest absolute Gasteiger partial charge is 0.494 e. The zero-order valence-corrected chi connectivity index (χ0v) is 7.80. The number of rotatable bonds is 1. The van der Waals surface area contributed by atoms with Gasteiger partial charge in [-0.15, -0.1) is 0 Å². The molecule has 0 fully saturated rings. The van der Waals surface area contributed by atoms with Gasteiger partial charge in [-0.2, -0.15) is 0 Å². The van der Waals surface area contributed by atoms with E-state index in [1.165, 1.54) is 23.8 Å². The predicted molar refractivity (Wildman–Crippen MR) is 50.0 cm³/mol. The summed E-state index contributed by atoms with van der Waals surface area (Å²) >= 11 is 0. The first-order chi connectivity index (χ1) is 6.63. The highest BCUT2D eigenvalue weighted by molar-refractivity contribution is 5.77. The second-order valence-electron chi connectivity index (χ2n) is 2.99. The monoisotopic (exact) mass is 196 g/mol. The number of hydrogen-bond acceptors (Lipinski definition) is 2. The minimum absolute atomic E-state index is 0.124. The van der Waals surface area contributed by atoms with E-state index in [-0.39, 0.29) is 11.4 Å². The summed E-state index contributed by atoms with van der Waals surface area (Å²) in [5.74, 6) is -0.353. The number of fused-ring (bicyclic) bond motifs is 1. The lowest BCUT2D eigenvalue weighted by atomic mass is 10.3. The number of nitrogens with zero attached hydrogens (tertiary/aromatic N) is 1. The van der Waals surface area contributed by atoms with Crippen molar-refractivity contribution in [2.24, 2.45) is 7.05 Å². The first kappa shape index (κ1) is 8.80. The average molecular weight is 196 g/mol. The van der Waals surface area contributed by atoms with Gasteiger partial charge in [0.2, 0.25) is 0 Å². The van der Waals surface area contributed by atoms with E-state index >= 15 is 0 Å². The third-order valence-electron chi connectivity index (χ3n) is 2.18. The average Bonchev–Trinajstić information content (AvgIpc) is 2.43. The summed E-state index contributed by atoms with van der Waals surface area (Å²) in [7, 11) is 2.96. The van der Waals surface area contributed by atoms with E-state index < -0.39 is 5.82 Å². The molecule has 0 unspecified atom stereocenters. The van der Waals surface area contributed by atoms with Crippen LogP contribution in [0.5, 0.6) is 5.75 Å². The number of halogens is 1. The summed E-state index contributed by atoms with van der Waals surface area (Å²) in [6, 6.07) is 2.73. The Morgan fingerprint density at radius 2 is 2.21 bits per heavy atom. The summed E-state index contributed by atoms with van der Waals surface area (Å²) in [5.41, 5.74) is 0.816. The molecule has 2 rings (SSSR count). The maximum Gasteiger partial charge on any atom is 0.326 e. The number of H-pyrrole nitrogens is 1. The number of methoxy groups -OCH3 is 1. The van der Waals surface area contributed by atoms with Gasteiger partial charge in [0.25, 0.3) is 0 Å². The molecule has 5 heteroatoms. The normalized spacial score (nSPS) is 10.8. The summed E-state index contributed by atoms with van der Waals surface area (Å²) in [4.78, 5) is 13.8. The maximum absolute atomic E-state index is 13.3. The van der Waals surface area contributed by atoms with Crippen molar-refractivity contribution >= 4 is 11.0 Å². The fourth-order valence-corrected chi connectivity index (χ4v) is 1.39. The van der Waals surface area contributed by atoms with Crippen molar-refractivity contribution in [1.82, 2.24) is 9.55 Å². The SMILES string of the molecule is COc1cc2[nH]c(=O)n(C)c2cc1F. The smallest absolute Gasteiger partial charge is 0.326 e. The molecule has 14 heavy (non-hydrogen) atoms. The van der Waals surface area contributed by atoms with Gasteiger partial charge < -0.3 is 9.72 Å². The van der Waals surface area contributed by atoms with E-state index in [1.807, 2.05) is 0 Å². The summed E-state index contributed by atoms with van der Waals surface area (Å²) < 4.78 is 19.4. The molecule has 1 aromatic heterocycles. The number of aromatic nitrogens is 2. The molecule has 0 amide bonds. The number of aromatic amines is 1. The Hall–Kier alpha value is -1.78. The maximum atomic E-state index is 13.3. The fraction of sp³-hybridized carbons (Fsp3) is 0.222. The molecule has 2 aromatic rings. The molecule has 0 atom stereocenters. The molecule has 1 N–H and O–H groups in total. The van der Waals surface area contributed by atoms with Gasteiger partial charge in [-0.1, -0.05) is 0 Å². The topological polar surface area (TPSA) is 47.0 Å². The molecule has 0 radical (unpaired) electrons. The standard InChI is InChI=1S/C9H9FN2O2/c1-12-7-3-5(10)8(14-2)4-6(7)11-9(12)13/h3-4H,1-2H3,(H,11,13). The third kappa shape index (κ3) is 1.09. The Kier molecular flexibility index (Phi) is 1.80. The van der Waals surface area contributed by atoms with E-state index in [0.29, 0.717) is 11.0 Å². The highest BCUT2D eigenvalue weighted by Gasteiger charge is 2.09. The predicted octanol–water partition coefficient (Wildman–Crippen LogP) is 1.01. The molecule has 0 aliphatic heterocycles. The number of aryl methyl sites for hydroxylation is 1. The number of ether oxygens (including phenoxy) is 1. The second kappa shape index (κ2) is 2.87. The van der Waals surface area contributed by atoms with Crippen LogP contribution in [0.2, 0.25) is 0 Å². The van der Waals surface area contributed by atoms with Crippen LogP contribution in [0.25, 0.3) is 11.0 Å². The van der Waals surface area contributed by atoms with E-state index in [1.54, 1.807) is 7.05 Å². The van der Waals surface area contributed by atoms with Crippen LogP contribution in [0.4, 0.5) is 4.39 Å². The lowest BCUT2D eigenvalue weighted by Gasteiger charge is -2.01. The molecule has 0 saturated heterocycles. The molecule has 74 valence electrons. The van der Waals surface area contributed by atoms with Gasteiger partial charge >= 0.3 is 5.69 Å². The molecule has 0 saturated carbocycles. The number of imidazole rings is 1. The Morgan fingerprint density at radius 1 is 1.50 bits per heavy atom. The third-order valence-corrected chi connectivity index (χ3v) is 2.18. The zero-order chi connectivity index (χ0) is 10.3. The number of hydrogen-bond donors (Lipinski definition) is 1. The molecule has 1 aromatic carbocycles. The van der Waals surface area contributed by atoms with Gasteiger partial charge in [-0.25, -0.2) is 9.18 Å². The minimum atomic E-state index is -0.477. The van der Waals surface area contributed by atoms with Crippen molar-refractivity contribution in [3.05, 3.63) is 28.4 Å². The lowest BCUT2D eigenvalue weighted by molar-refractivity contribution is 0.387. The van der Waals surface area contributed by atoms with Crippen LogP contribution in [0.1, 0.15) is 0 Å². The summed E-state index contributed by atoms with van der Waals surface area (Å²) in [5, 5.41) is 0. The van der Waals surface area contributed by atoms with Gasteiger partial charge in [0.1, 0.15) is 0 Å². The molecule has 4 nitrogen and oxygen atoms in total. The molecular formula is C9H9FN2O2. The van der Waals surface area contributed by atoms with E-state index in [0.717, 1.165) is 0 Å². The Bertz CT molecular complexity index is 541. The van der Waals surface area contributed by atoms with Gasteiger partial charge in [0.15, 0.2) is 11.6 Å². The molecule has 0 aliphatic carbocycles. The van der Waals surface area contributed by atoms with Crippen molar-refractivity contribution in [1.29, 1.82) is 0 Å². The Balaban J connectivity index is 2.86. The van der Waals surface area contributed by atoms with Crippen LogP contribution >= 0.6 is 0 Å². The quantitative estimate of drug-likeness (QED) is 0.740. The van der Waals surface area contributed by atoms with E-state index in [9.17, 15) is 9.18 Å². The number of benzene rings is 1. The van der Waals surface area contributed by atoms with Crippen LogP contribution < -0.4 is 10.4 Å². The van der Waals surface area contributed by atoms with Crippen molar-refractivity contribution in [3.63, 3.8) is 0 Å². The molecule has 0 bridgehead atoms. The van der Waals surface area contributed by atoms with Crippen LogP contribution in [0.15, 0.2) is 16.9 Å². The van der Waals surface area contributed by atoms with E-state index in [4.69, 9.17) is 4.74 Å². The minimum Gasteiger partial charge on any atom is -0.494 e. The van der Waals surface area contributed by atoms with Crippen molar-refractivity contribution in [2.45, 2.75) is 0 Å². The van der Waals surface area contributed by atoms with Gasteiger partial charge in [0, 0.05) is 19.2 Å². The van der Waals surface area contributed by atoms with Gasteiger partial charge in [-0.05, 0) is 0 Å². The summed E-state index contributed by atoms with van der Waals surface area (Å²) in [6.07, 6.45) is 0. The lowest BCUT2D eigenvalue weighted by Crippen LogP contribution is -2.11. The highest BCUT2D eigenvalue weighted by atomic mass is 19.1. The Labute approximate surface area is 78.9 Å². The fourth-order valence-electron chi connectivity index (χ4n) is 1.39. The summed E-state index contributed by atoms with van der Waals surface area (Å²) in [6.45, 7) is 0. The first-order valence-corrected chi connectivity index (χ1v) is 4.05. The highest BCUT2D eigenvalue weighted by Crippen LogP contribution is 2.21. The van der Waals surface area contributed by atoms with Gasteiger partial charge in [-0.3, -0.25) is 4.57 Å². The molecule has 0 aliphatic rings. The van der Waals surface area contributed by atoms with E-state index in [2.05, 4.69) is 4.98 Å². The molecule has 1 heterocycles. The second-order valence-corrected chi connectivity index (χ2v) is 2.99. The van der Waals surface area contributed by atoms with Gasteiger partial charge in [0.05, 0.1) is 18.1 Å². The molecular weight excluding hydrogens is 187 g/mol. The van der Waals surface area contributed by atoms with Crippen molar-refractivity contribution < 1.29 is 9.13 Å². The van der Waals surface area contributed by atoms with Crippen molar-refractivity contribution in [2.75, 3.05) is 7.11 Å². The van der Waals surface area contributed by atoms with Crippen molar-refractivity contribution in [3.8, 4) is 5.75 Å². The van der Waals surface area contributed by atoms with Crippen LogP contribution in [0.3, 0.4) is 0 Å². The van der Waals surface area contributed by atoms with Crippen LogP contribution in [-0.2, 0) is 7.05 Å². The number of nitrogens with one attached hydrogen (secondary N) is 1.